The number of anilines is 1. The molecule has 0 radical (unpaired) electrons. The van der Waals surface area contributed by atoms with Gasteiger partial charge in [0.2, 0.25) is 0 Å². The molecule has 5 rings (SSSR count). The average molecular weight is 600 g/mol. The van der Waals surface area contributed by atoms with Crippen molar-refractivity contribution in [3.05, 3.63) is 92.5 Å². The predicted molar refractivity (Wildman–Crippen MR) is 145 cm³/mol. The highest BCUT2D eigenvalue weighted by Gasteiger charge is 2.28. The Bertz CT molecular complexity index is 1700. The predicted octanol–water partition coefficient (Wildman–Crippen LogP) is 4.81. The van der Waals surface area contributed by atoms with Gasteiger partial charge >= 0.3 is 0 Å². The minimum Gasteiger partial charge on any atom is -0.364 e. The number of halogens is 2. The van der Waals surface area contributed by atoms with E-state index in [9.17, 15) is 18.0 Å². The molecule has 0 saturated heterocycles. The van der Waals surface area contributed by atoms with Crippen LogP contribution in [0.25, 0.3) is 16.9 Å². The molecule has 0 aliphatic heterocycles. The number of nitrogens with one attached hydrogen (secondary N) is 1. The lowest BCUT2D eigenvalue weighted by Gasteiger charge is -2.20. The van der Waals surface area contributed by atoms with Crippen LogP contribution in [0.5, 0.6) is 0 Å². The number of carbonyl (C=O) groups excluding carboxylic acids is 2. The van der Waals surface area contributed by atoms with Crippen molar-refractivity contribution >= 4 is 54.9 Å². The molecule has 8 nitrogen and oxygen atoms in total. The lowest BCUT2D eigenvalue weighted by atomic mass is 9.88. The SMILES string of the molecule is CS(=O)(=O)c1ccc(-n2nc(C(N)=O)c3c2-c2cc(NC(=O)c4cc(Br)ccc4Cl)ccc2CC3)cc1. The highest BCUT2D eigenvalue weighted by molar-refractivity contribution is 9.10. The molecule has 0 saturated carbocycles. The Kier molecular flexibility index (Phi) is 6.43. The van der Waals surface area contributed by atoms with Gasteiger partial charge in [0.25, 0.3) is 11.8 Å². The maximum absolute atomic E-state index is 13.0. The first-order valence-corrected chi connectivity index (χ1v) is 14.2. The van der Waals surface area contributed by atoms with E-state index in [2.05, 4.69) is 26.3 Å². The van der Waals surface area contributed by atoms with Gasteiger partial charge in [0, 0.05) is 27.5 Å². The monoisotopic (exact) mass is 598 g/mol. The minimum absolute atomic E-state index is 0.156. The average Bonchev–Trinajstić information content (AvgIpc) is 3.25. The maximum Gasteiger partial charge on any atom is 0.269 e. The molecule has 0 atom stereocenters. The summed E-state index contributed by atoms with van der Waals surface area (Å²) >= 11 is 9.58. The molecule has 11 heteroatoms. The summed E-state index contributed by atoms with van der Waals surface area (Å²) in [5.74, 6) is -1.02. The Labute approximate surface area is 226 Å². The first-order valence-electron chi connectivity index (χ1n) is 11.1. The number of hydrogen-bond donors (Lipinski definition) is 2. The van der Waals surface area contributed by atoms with E-state index in [-0.39, 0.29) is 16.5 Å². The Morgan fingerprint density at radius 2 is 1.78 bits per heavy atom. The number of aryl methyl sites for hydroxylation is 1. The summed E-state index contributed by atoms with van der Waals surface area (Å²) in [7, 11) is -3.38. The second-order valence-corrected chi connectivity index (χ2v) is 12.0. The zero-order valence-electron chi connectivity index (χ0n) is 19.5. The summed E-state index contributed by atoms with van der Waals surface area (Å²) in [6, 6.07) is 16.8. The molecule has 37 heavy (non-hydrogen) atoms. The van der Waals surface area contributed by atoms with Crippen LogP contribution in [0.1, 0.15) is 32.0 Å². The number of rotatable bonds is 5. The van der Waals surface area contributed by atoms with Crippen LogP contribution in [-0.4, -0.2) is 36.3 Å². The molecule has 3 N–H and O–H groups in total. The van der Waals surface area contributed by atoms with Crippen LogP contribution in [0.2, 0.25) is 5.02 Å². The largest absolute Gasteiger partial charge is 0.364 e. The van der Waals surface area contributed by atoms with Crippen LogP contribution in [0.3, 0.4) is 0 Å². The summed E-state index contributed by atoms with van der Waals surface area (Å²) in [6.45, 7) is 0. The van der Waals surface area contributed by atoms with Crippen molar-refractivity contribution in [2.45, 2.75) is 17.7 Å². The molecule has 3 aromatic carbocycles. The van der Waals surface area contributed by atoms with Crippen molar-refractivity contribution in [3.8, 4) is 16.9 Å². The van der Waals surface area contributed by atoms with Crippen LogP contribution in [0.4, 0.5) is 5.69 Å². The van der Waals surface area contributed by atoms with Gasteiger partial charge in [-0.25, -0.2) is 13.1 Å². The van der Waals surface area contributed by atoms with Crippen LogP contribution in [0.15, 0.2) is 70.0 Å². The summed E-state index contributed by atoms with van der Waals surface area (Å²) in [6.07, 6.45) is 2.35. The van der Waals surface area contributed by atoms with E-state index in [1.807, 2.05) is 18.2 Å². The van der Waals surface area contributed by atoms with Gasteiger partial charge in [0.15, 0.2) is 15.5 Å². The molecule has 188 valence electrons. The number of amides is 2. The molecule has 0 spiro atoms. The number of nitrogens with two attached hydrogens (primary N) is 1. The van der Waals surface area contributed by atoms with Crippen molar-refractivity contribution < 1.29 is 18.0 Å². The van der Waals surface area contributed by atoms with Gasteiger partial charge in [-0.05, 0) is 73.0 Å². The summed E-state index contributed by atoms with van der Waals surface area (Å²) in [5.41, 5.74) is 10.4. The van der Waals surface area contributed by atoms with Gasteiger partial charge in [-0.1, -0.05) is 33.6 Å². The molecular weight excluding hydrogens is 580 g/mol. The topological polar surface area (TPSA) is 124 Å². The normalized spacial score (nSPS) is 12.5. The zero-order valence-corrected chi connectivity index (χ0v) is 22.6. The maximum atomic E-state index is 13.0. The van der Waals surface area contributed by atoms with Gasteiger partial charge in [0.05, 0.1) is 26.9 Å². The number of nitrogens with zero attached hydrogens (tertiary/aromatic N) is 2. The van der Waals surface area contributed by atoms with Crippen LogP contribution in [-0.2, 0) is 22.7 Å². The van der Waals surface area contributed by atoms with E-state index in [1.165, 1.54) is 12.1 Å². The fourth-order valence-electron chi connectivity index (χ4n) is 4.41. The third-order valence-corrected chi connectivity index (χ3v) is 8.12. The Morgan fingerprint density at radius 3 is 2.46 bits per heavy atom. The van der Waals surface area contributed by atoms with Crippen molar-refractivity contribution in [1.82, 2.24) is 9.78 Å². The standard InChI is InChI=1S/C26H20BrClN4O4S/c1-37(35,36)18-8-6-17(7-9-18)32-24-19(23(31-32)25(29)33)10-3-14-2-5-16(13-20(14)24)30-26(34)21-12-15(27)4-11-22(21)28/h2,4-9,11-13H,3,10H2,1H3,(H2,29,33)(H,30,34). The van der Waals surface area contributed by atoms with Gasteiger partial charge in [0.1, 0.15) is 0 Å². The van der Waals surface area contributed by atoms with Crippen molar-refractivity contribution in [3.63, 3.8) is 0 Å². The first-order chi connectivity index (χ1) is 17.5. The number of fused-ring (bicyclic) bond motifs is 3. The van der Waals surface area contributed by atoms with Crippen LogP contribution < -0.4 is 11.1 Å². The third kappa shape index (κ3) is 4.79. The highest BCUT2D eigenvalue weighted by Crippen LogP contribution is 2.38. The highest BCUT2D eigenvalue weighted by atomic mass is 79.9. The summed E-state index contributed by atoms with van der Waals surface area (Å²) in [4.78, 5) is 25.4. The number of carbonyl (C=O) groups is 2. The minimum atomic E-state index is -3.38. The van der Waals surface area contributed by atoms with Crippen molar-refractivity contribution in [1.29, 1.82) is 0 Å². The lowest BCUT2D eigenvalue weighted by Crippen LogP contribution is -2.16. The first kappa shape index (κ1) is 25.2. The smallest absolute Gasteiger partial charge is 0.269 e. The number of benzene rings is 3. The Hall–Kier alpha value is -3.47. The van der Waals surface area contributed by atoms with E-state index in [0.29, 0.717) is 46.1 Å². The third-order valence-electron chi connectivity index (χ3n) is 6.17. The quantitative estimate of drug-likeness (QED) is 0.341. The fraction of sp³-hybridized carbons (Fsp3) is 0.115. The second kappa shape index (κ2) is 9.44. The van der Waals surface area contributed by atoms with Gasteiger partial charge in [-0.2, -0.15) is 5.10 Å². The molecule has 0 fully saturated rings. The molecule has 2 amide bonds. The zero-order chi connectivity index (χ0) is 26.5. The summed E-state index contributed by atoms with van der Waals surface area (Å²) < 4.78 is 26.1. The van der Waals surface area contributed by atoms with E-state index in [4.69, 9.17) is 17.3 Å². The molecule has 1 aliphatic carbocycles. The Balaban J connectivity index is 1.60. The molecule has 1 aromatic heterocycles. The summed E-state index contributed by atoms with van der Waals surface area (Å²) in [5, 5.41) is 7.70. The van der Waals surface area contributed by atoms with Gasteiger partial charge < -0.3 is 11.1 Å². The molecule has 1 heterocycles. The Morgan fingerprint density at radius 1 is 1.05 bits per heavy atom. The van der Waals surface area contributed by atoms with Crippen LogP contribution >= 0.6 is 27.5 Å². The second-order valence-electron chi connectivity index (χ2n) is 8.67. The molecule has 0 unspecified atom stereocenters. The van der Waals surface area contributed by atoms with Gasteiger partial charge in [-0.3, -0.25) is 9.59 Å². The molecular formula is C26H20BrClN4O4S. The molecule has 1 aliphatic rings. The van der Waals surface area contributed by atoms with E-state index >= 15 is 0 Å². The molecule has 0 bridgehead atoms. The number of hydrogen-bond acceptors (Lipinski definition) is 5. The van der Waals surface area contributed by atoms with Crippen molar-refractivity contribution in [2.24, 2.45) is 5.73 Å². The van der Waals surface area contributed by atoms with E-state index in [0.717, 1.165) is 21.9 Å². The van der Waals surface area contributed by atoms with E-state index < -0.39 is 15.7 Å². The number of sulfone groups is 1. The number of aromatic nitrogens is 2. The van der Waals surface area contributed by atoms with Gasteiger partial charge in [-0.15, -0.1) is 0 Å². The lowest BCUT2D eigenvalue weighted by molar-refractivity contribution is 0.0992. The number of primary amides is 1. The van der Waals surface area contributed by atoms with Crippen LogP contribution in [0, 0.1) is 0 Å². The van der Waals surface area contributed by atoms with Crippen molar-refractivity contribution in [2.75, 3.05) is 11.6 Å². The molecule has 4 aromatic rings. The van der Waals surface area contributed by atoms with E-state index in [1.54, 1.807) is 35.0 Å². The fourth-order valence-corrected chi connectivity index (χ4v) is 5.60.